The third-order valence-electron chi connectivity index (χ3n) is 3.87. The number of rotatable bonds is 5. The molecule has 126 valence electrons. The number of carbonyl (C=O) groups excluding carboxylic acids is 1. The van der Waals surface area contributed by atoms with E-state index in [2.05, 4.69) is 0 Å². The van der Waals surface area contributed by atoms with E-state index in [0.29, 0.717) is 10.0 Å². The van der Waals surface area contributed by atoms with E-state index in [-0.39, 0.29) is 12.6 Å². The third kappa shape index (κ3) is 4.62. The van der Waals surface area contributed by atoms with Gasteiger partial charge in [-0.25, -0.2) is 0 Å². The average molecular weight is 371 g/mol. The number of ether oxygens (including phenoxy) is 1. The first-order valence-corrected chi connectivity index (χ1v) is 8.60. The minimum atomic E-state index is -0.529. The molecule has 0 fully saturated rings. The molecule has 0 heterocycles. The summed E-state index contributed by atoms with van der Waals surface area (Å²) in [6.07, 6.45) is 0. The maximum Gasteiger partial charge on any atom is 0.318 e. The fraction of sp³-hybridized carbons (Fsp3) is 0.0952. The largest absolute Gasteiger partial charge is 0.460 e. The monoisotopic (exact) mass is 370 g/mol. The van der Waals surface area contributed by atoms with Crippen molar-refractivity contribution in [3.63, 3.8) is 0 Å². The quantitative estimate of drug-likeness (QED) is 0.525. The van der Waals surface area contributed by atoms with Crippen molar-refractivity contribution in [1.82, 2.24) is 0 Å². The third-order valence-corrected chi connectivity index (χ3v) is 4.37. The Morgan fingerprint density at radius 1 is 0.760 bits per heavy atom. The van der Waals surface area contributed by atoms with E-state index < -0.39 is 5.92 Å². The number of halogens is 2. The van der Waals surface area contributed by atoms with Crippen molar-refractivity contribution >= 4 is 29.2 Å². The van der Waals surface area contributed by atoms with Gasteiger partial charge < -0.3 is 4.74 Å². The molecule has 0 N–H and O–H groups in total. The van der Waals surface area contributed by atoms with E-state index in [4.69, 9.17) is 27.9 Å². The van der Waals surface area contributed by atoms with Gasteiger partial charge in [0.1, 0.15) is 12.5 Å². The molecule has 0 saturated carbocycles. The molecule has 0 bridgehead atoms. The number of carbonyl (C=O) groups is 1. The number of esters is 1. The zero-order valence-corrected chi connectivity index (χ0v) is 14.9. The van der Waals surface area contributed by atoms with Gasteiger partial charge in [0.15, 0.2) is 0 Å². The smallest absolute Gasteiger partial charge is 0.318 e. The van der Waals surface area contributed by atoms with Crippen LogP contribution in [0.25, 0.3) is 0 Å². The summed E-state index contributed by atoms with van der Waals surface area (Å²) in [7, 11) is 0. The highest BCUT2D eigenvalue weighted by atomic mass is 35.5. The van der Waals surface area contributed by atoms with Crippen LogP contribution < -0.4 is 0 Å². The fourth-order valence-corrected chi connectivity index (χ4v) is 2.84. The molecule has 3 rings (SSSR count). The fourth-order valence-electron chi connectivity index (χ4n) is 2.59. The Labute approximate surface area is 157 Å². The molecule has 0 aliphatic heterocycles. The standard InChI is InChI=1S/C21H16Cl2O2/c22-18-10-6-16(7-11-18)20(17-8-12-19(23)13-9-17)21(24)25-14-15-4-2-1-3-5-15/h1-13,20H,14H2. The second kappa shape index (κ2) is 8.19. The highest BCUT2D eigenvalue weighted by Gasteiger charge is 2.24. The molecular formula is C21H16Cl2O2. The Kier molecular flexibility index (Phi) is 5.75. The summed E-state index contributed by atoms with van der Waals surface area (Å²) in [4.78, 5) is 12.8. The zero-order chi connectivity index (χ0) is 17.6. The van der Waals surface area contributed by atoms with Gasteiger partial charge in [0.05, 0.1) is 0 Å². The maximum absolute atomic E-state index is 12.8. The molecule has 0 saturated heterocycles. The number of hydrogen-bond donors (Lipinski definition) is 0. The molecule has 2 nitrogen and oxygen atoms in total. The molecule has 3 aromatic rings. The van der Waals surface area contributed by atoms with Crippen LogP contribution in [0.1, 0.15) is 22.6 Å². The first kappa shape index (κ1) is 17.5. The Hall–Kier alpha value is -2.29. The second-order valence-corrected chi connectivity index (χ2v) is 6.50. The summed E-state index contributed by atoms with van der Waals surface area (Å²) in [5.41, 5.74) is 2.59. The molecule has 3 aromatic carbocycles. The van der Waals surface area contributed by atoms with Crippen LogP contribution in [0, 0.1) is 0 Å². The van der Waals surface area contributed by atoms with Crippen molar-refractivity contribution in [2.75, 3.05) is 0 Å². The van der Waals surface area contributed by atoms with Gasteiger partial charge in [0, 0.05) is 10.0 Å². The lowest BCUT2D eigenvalue weighted by molar-refractivity contribution is -0.145. The van der Waals surface area contributed by atoms with Crippen molar-refractivity contribution in [2.45, 2.75) is 12.5 Å². The molecule has 0 unspecified atom stereocenters. The van der Waals surface area contributed by atoms with Crippen molar-refractivity contribution in [2.24, 2.45) is 0 Å². The first-order chi connectivity index (χ1) is 12.1. The van der Waals surface area contributed by atoms with Crippen LogP contribution >= 0.6 is 23.2 Å². The van der Waals surface area contributed by atoms with Crippen LogP contribution in [0.3, 0.4) is 0 Å². The van der Waals surface area contributed by atoms with Crippen LogP contribution in [0.2, 0.25) is 10.0 Å². The predicted octanol–water partition coefficient (Wildman–Crippen LogP) is 5.87. The summed E-state index contributed by atoms with van der Waals surface area (Å²) in [5, 5.41) is 1.24. The van der Waals surface area contributed by atoms with Crippen LogP contribution in [-0.2, 0) is 16.1 Å². The lowest BCUT2D eigenvalue weighted by Gasteiger charge is -2.17. The van der Waals surface area contributed by atoms with Gasteiger partial charge in [0.2, 0.25) is 0 Å². The second-order valence-electron chi connectivity index (χ2n) is 5.63. The molecule has 0 amide bonds. The minimum Gasteiger partial charge on any atom is -0.460 e. The summed E-state index contributed by atoms with van der Waals surface area (Å²) < 4.78 is 5.55. The molecule has 0 radical (unpaired) electrons. The van der Waals surface area contributed by atoms with Gasteiger partial charge in [-0.2, -0.15) is 0 Å². The van der Waals surface area contributed by atoms with Gasteiger partial charge in [-0.15, -0.1) is 0 Å². The Balaban J connectivity index is 1.86. The van der Waals surface area contributed by atoms with Crippen molar-refractivity contribution in [1.29, 1.82) is 0 Å². The van der Waals surface area contributed by atoms with Gasteiger partial charge in [-0.3, -0.25) is 4.79 Å². The van der Waals surface area contributed by atoms with Crippen LogP contribution in [0.15, 0.2) is 78.9 Å². The predicted molar refractivity (Wildman–Crippen MR) is 101 cm³/mol. The average Bonchev–Trinajstić information content (AvgIpc) is 2.64. The van der Waals surface area contributed by atoms with Crippen LogP contribution in [0.5, 0.6) is 0 Å². The van der Waals surface area contributed by atoms with E-state index in [1.165, 1.54) is 0 Å². The van der Waals surface area contributed by atoms with Gasteiger partial charge >= 0.3 is 5.97 Å². The lowest BCUT2D eigenvalue weighted by atomic mass is 9.91. The van der Waals surface area contributed by atoms with Gasteiger partial charge in [0.25, 0.3) is 0 Å². The highest BCUT2D eigenvalue weighted by Crippen LogP contribution is 2.28. The van der Waals surface area contributed by atoms with Crippen LogP contribution in [0.4, 0.5) is 0 Å². The summed E-state index contributed by atoms with van der Waals surface area (Å²) >= 11 is 11.9. The summed E-state index contributed by atoms with van der Waals surface area (Å²) in [5.74, 6) is -0.841. The Bertz CT molecular complexity index is 783. The van der Waals surface area contributed by atoms with E-state index in [0.717, 1.165) is 16.7 Å². The molecule has 0 atom stereocenters. The van der Waals surface area contributed by atoms with E-state index in [1.54, 1.807) is 24.3 Å². The van der Waals surface area contributed by atoms with E-state index in [9.17, 15) is 4.79 Å². The Morgan fingerprint density at radius 3 is 1.72 bits per heavy atom. The molecule has 0 aromatic heterocycles. The number of hydrogen-bond acceptors (Lipinski definition) is 2. The first-order valence-electron chi connectivity index (χ1n) is 7.85. The van der Waals surface area contributed by atoms with Crippen molar-refractivity contribution in [3.05, 3.63) is 106 Å². The van der Waals surface area contributed by atoms with Crippen LogP contribution in [-0.4, -0.2) is 5.97 Å². The molecule has 25 heavy (non-hydrogen) atoms. The minimum absolute atomic E-state index is 0.233. The zero-order valence-electron chi connectivity index (χ0n) is 13.4. The summed E-state index contributed by atoms with van der Waals surface area (Å²) in [6.45, 7) is 0.233. The molecule has 0 aliphatic rings. The molecular weight excluding hydrogens is 355 g/mol. The lowest BCUT2D eigenvalue weighted by Crippen LogP contribution is -2.17. The highest BCUT2D eigenvalue weighted by molar-refractivity contribution is 6.30. The van der Waals surface area contributed by atoms with Gasteiger partial charge in [-0.1, -0.05) is 77.8 Å². The topological polar surface area (TPSA) is 26.3 Å². The van der Waals surface area contributed by atoms with E-state index in [1.807, 2.05) is 54.6 Å². The van der Waals surface area contributed by atoms with Gasteiger partial charge in [-0.05, 0) is 41.0 Å². The Morgan fingerprint density at radius 2 is 1.24 bits per heavy atom. The van der Waals surface area contributed by atoms with Crippen molar-refractivity contribution in [3.8, 4) is 0 Å². The molecule has 4 heteroatoms. The maximum atomic E-state index is 12.8. The van der Waals surface area contributed by atoms with Crippen molar-refractivity contribution < 1.29 is 9.53 Å². The molecule has 0 spiro atoms. The molecule has 0 aliphatic carbocycles. The SMILES string of the molecule is O=C(OCc1ccccc1)C(c1ccc(Cl)cc1)c1ccc(Cl)cc1. The summed E-state index contributed by atoms with van der Waals surface area (Å²) in [6, 6.07) is 24.0. The number of benzene rings is 3. The normalized spacial score (nSPS) is 10.7. The van der Waals surface area contributed by atoms with E-state index >= 15 is 0 Å².